The molecule has 3 rings (SSSR count). The summed E-state index contributed by atoms with van der Waals surface area (Å²) in [5, 5.41) is 0. The topological polar surface area (TPSA) is 12.5 Å². The average molecular weight is 275 g/mol. The van der Waals surface area contributed by atoms with Crippen LogP contribution < -0.4 is 9.64 Å². The van der Waals surface area contributed by atoms with Crippen molar-refractivity contribution in [2.45, 2.75) is 0 Å². The molecule has 0 unspecified atom stereocenters. The lowest BCUT2D eigenvalue weighted by atomic mass is 10.2. The second-order valence-electron chi connectivity index (χ2n) is 4.81. The molecule has 2 nitrogen and oxygen atoms in total. The fourth-order valence-electron chi connectivity index (χ4n) is 2.18. The summed E-state index contributed by atoms with van der Waals surface area (Å²) in [5.41, 5.74) is 2.24. The van der Waals surface area contributed by atoms with Crippen LogP contribution in [0.15, 0.2) is 84.9 Å². The van der Waals surface area contributed by atoms with E-state index in [0.29, 0.717) is 0 Å². The van der Waals surface area contributed by atoms with Crippen molar-refractivity contribution in [2.75, 3.05) is 11.9 Å². The summed E-state index contributed by atoms with van der Waals surface area (Å²) in [6, 6.07) is 28.2. The fraction of sp³-hybridized carbons (Fsp3) is 0.0526. The third-order valence-corrected chi connectivity index (χ3v) is 3.33. The molecule has 0 bridgehead atoms. The van der Waals surface area contributed by atoms with Crippen molar-refractivity contribution in [1.29, 1.82) is 0 Å². The van der Waals surface area contributed by atoms with Gasteiger partial charge in [-0.15, -0.1) is 0 Å². The first-order valence-corrected chi connectivity index (χ1v) is 6.95. The van der Waals surface area contributed by atoms with Gasteiger partial charge in [-0.2, -0.15) is 0 Å². The van der Waals surface area contributed by atoms with E-state index in [1.54, 1.807) is 0 Å². The monoisotopic (exact) mass is 275 g/mol. The van der Waals surface area contributed by atoms with Crippen LogP contribution in [0, 0.1) is 0 Å². The van der Waals surface area contributed by atoms with E-state index in [-0.39, 0.29) is 0 Å². The number of anilines is 2. The van der Waals surface area contributed by atoms with E-state index >= 15 is 0 Å². The number of nitrogens with zero attached hydrogens (tertiary/aromatic N) is 1. The SMILES string of the molecule is CN(c1ccccc1)c1cccc(Oc2ccccc2)c1. The van der Waals surface area contributed by atoms with E-state index in [2.05, 4.69) is 30.1 Å². The zero-order chi connectivity index (χ0) is 14.5. The lowest BCUT2D eigenvalue weighted by Crippen LogP contribution is -2.08. The predicted molar refractivity (Wildman–Crippen MR) is 87.5 cm³/mol. The Bertz CT molecular complexity index is 695. The summed E-state index contributed by atoms with van der Waals surface area (Å²) in [7, 11) is 2.05. The highest BCUT2D eigenvalue weighted by atomic mass is 16.5. The van der Waals surface area contributed by atoms with Gasteiger partial charge in [-0.25, -0.2) is 0 Å². The maximum absolute atomic E-state index is 5.88. The molecule has 2 heteroatoms. The van der Waals surface area contributed by atoms with Gasteiger partial charge in [-0.3, -0.25) is 0 Å². The first-order chi connectivity index (χ1) is 10.3. The molecule has 0 saturated heterocycles. The molecule has 0 radical (unpaired) electrons. The standard InChI is InChI=1S/C19H17NO/c1-20(16-9-4-2-5-10-16)17-11-8-14-19(15-17)21-18-12-6-3-7-13-18/h2-15H,1H3. The minimum absolute atomic E-state index is 0.835. The Balaban J connectivity index is 1.83. The van der Waals surface area contributed by atoms with Crippen LogP contribution in [0.1, 0.15) is 0 Å². The maximum Gasteiger partial charge on any atom is 0.129 e. The molecule has 0 heterocycles. The first kappa shape index (κ1) is 13.3. The van der Waals surface area contributed by atoms with Gasteiger partial charge >= 0.3 is 0 Å². The largest absolute Gasteiger partial charge is 0.457 e. The van der Waals surface area contributed by atoms with Gasteiger partial charge in [0.05, 0.1) is 0 Å². The van der Waals surface area contributed by atoms with Gasteiger partial charge in [0, 0.05) is 24.5 Å². The van der Waals surface area contributed by atoms with Gasteiger partial charge in [0.15, 0.2) is 0 Å². The number of para-hydroxylation sites is 2. The van der Waals surface area contributed by atoms with Crippen molar-refractivity contribution in [1.82, 2.24) is 0 Å². The average Bonchev–Trinajstić information content (AvgIpc) is 2.56. The third kappa shape index (κ3) is 3.23. The third-order valence-electron chi connectivity index (χ3n) is 3.33. The summed E-state index contributed by atoms with van der Waals surface area (Å²) in [6.07, 6.45) is 0. The van der Waals surface area contributed by atoms with Crippen LogP contribution >= 0.6 is 0 Å². The van der Waals surface area contributed by atoms with E-state index < -0.39 is 0 Å². The van der Waals surface area contributed by atoms with Crippen LogP contribution in [0.4, 0.5) is 11.4 Å². The Kier molecular flexibility index (Phi) is 3.88. The molecular weight excluding hydrogens is 258 g/mol. The van der Waals surface area contributed by atoms with Crippen molar-refractivity contribution >= 4 is 11.4 Å². The fourth-order valence-corrected chi connectivity index (χ4v) is 2.18. The molecule has 3 aromatic carbocycles. The Labute approximate surface area is 125 Å². The Hall–Kier alpha value is -2.74. The number of hydrogen-bond acceptors (Lipinski definition) is 2. The van der Waals surface area contributed by atoms with Crippen LogP contribution in [-0.4, -0.2) is 7.05 Å². The predicted octanol–water partition coefficient (Wildman–Crippen LogP) is 5.25. The number of ether oxygens (including phenoxy) is 1. The normalized spacial score (nSPS) is 10.1. The van der Waals surface area contributed by atoms with E-state index in [9.17, 15) is 0 Å². The number of benzene rings is 3. The van der Waals surface area contributed by atoms with E-state index in [1.165, 1.54) is 0 Å². The van der Waals surface area contributed by atoms with Crippen LogP contribution in [0.3, 0.4) is 0 Å². The summed E-state index contributed by atoms with van der Waals surface area (Å²) < 4.78 is 5.88. The Morgan fingerprint density at radius 2 is 1.19 bits per heavy atom. The highest BCUT2D eigenvalue weighted by Gasteiger charge is 2.05. The molecule has 0 amide bonds. The molecule has 3 aromatic rings. The molecule has 0 saturated carbocycles. The van der Waals surface area contributed by atoms with Crippen LogP contribution in [0.25, 0.3) is 0 Å². The highest BCUT2D eigenvalue weighted by molar-refractivity contribution is 5.63. The molecule has 21 heavy (non-hydrogen) atoms. The van der Waals surface area contributed by atoms with Gasteiger partial charge in [0.2, 0.25) is 0 Å². The van der Waals surface area contributed by atoms with Gasteiger partial charge < -0.3 is 9.64 Å². The van der Waals surface area contributed by atoms with Gasteiger partial charge in [-0.1, -0.05) is 42.5 Å². The van der Waals surface area contributed by atoms with Crippen LogP contribution in [0.5, 0.6) is 11.5 Å². The maximum atomic E-state index is 5.88. The van der Waals surface area contributed by atoms with Crippen LogP contribution in [0.2, 0.25) is 0 Å². The zero-order valence-corrected chi connectivity index (χ0v) is 11.9. The summed E-state index contributed by atoms with van der Waals surface area (Å²) in [4.78, 5) is 2.14. The molecule has 0 aliphatic heterocycles. The molecule has 0 aromatic heterocycles. The van der Waals surface area contributed by atoms with Gasteiger partial charge in [0.25, 0.3) is 0 Å². The van der Waals surface area contributed by atoms with Gasteiger partial charge in [-0.05, 0) is 36.4 Å². The highest BCUT2D eigenvalue weighted by Crippen LogP contribution is 2.28. The van der Waals surface area contributed by atoms with Gasteiger partial charge in [0.1, 0.15) is 11.5 Å². The molecule has 0 atom stereocenters. The zero-order valence-electron chi connectivity index (χ0n) is 11.9. The minimum Gasteiger partial charge on any atom is -0.457 e. The lowest BCUT2D eigenvalue weighted by Gasteiger charge is -2.20. The Morgan fingerprint density at radius 1 is 0.619 bits per heavy atom. The molecule has 0 aliphatic rings. The van der Waals surface area contributed by atoms with E-state index in [0.717, 1.165) is 22.9 Å². The molecule has 0 aliphatic carbocycles. The van der Waals surface area contributed by atoms with Crippen molar-refractivity contribution in [2.24, 2.45) is 0 Å². The summed E-state index contributed by atoms with van der Waals surface area (Å²) in [5.74, 6) is 1.68. The minimum atomic E-state index is 0.835. The van der Waals surface area contributed by atoms with Crippen molar-refractivity contribution < 1.29 is 4.74 Å². The van der Waals surface area contributed by atoms with Crippen LogP contribution in [-0.2, 0) is 0 Å². The number of hydrogen-bond donors (Lipinski definition) is 0. The number of rotatable bonds is 4. The first-order valence-electron chi connectivity index (χ1n) is 6.95. The molecular formula is C19H17NO. The molecule has 104 valence electrons. The smallest absolute Gasteiger partial charge is 0.129 e. The van der Waals surface area contributed by atoms with Crippen molar-refractivity contribution in [3.63, 3.8) is 0 Å². The summed E-state index contributed by atoms with van der Waals surface area (Å²) >= 11 is 0. The second kappa shape index (κ2) is 6.14. The van der Waals surface area contributed by atoms with E-state index in [1.807, 2.05) is 66.7 Å². The van der Waals surface area contributed by atoms with E-state index in [4.69, 9.17) is 4.74 Å². The lowest BCUT2D eigenvalue weighted by molar-refractivity contribution is 0.483. The Morgan fingerprint density at radius 3 is 1.90 bits per heavy atom. The summed E-state index contributed by atoms with van der Waals surface area (Å²) in [6.45, 7) is 0. The second-order valence-corrected chi connectivity index (χ2v) is 4.81. The van der Waals surface area contributed by atoms with Crippen molar-refractivity contribution in [3.05, 3.63) is 84.9 Å². The van der Waals surface area contributed by atoms with Crippen molar-refractivity contribution in [3.8, 4) is 11.5 Å². The molecule has 0 fully saturated rings. The molecule has 0 N–H and O–H groups in total. The molecule has 0 spiro atoms. The quantitative estimate of drug-likeness (QED) is 0.645.